The number of hydrogen-bond acceptors (Lipinski definition) is 3. The van der Waals surface area contributed by atoms with Crippen LogP contribution in [0.15, 0.2) is 36.7 Å². The van der Waals surface area contributed by atoms with Gasteiger partial charge in [0.2, 0.25) is 0 Å². The van der Waals surface area contributed by atoms with Crippen LogP contribution >= 0.6 is 0 Å². The van der Waals surface area contributed by atoms with E-state index < -0.39 is 0 Å². The van der Waals surface area contributed by atoms with Crippen LogP contribution in [-0.2, 0) is 11.3 Å². The number of rotatable bonds is 4. The van der Waals surface area contributed by atoms with E-state index in [1.165, 1.54) is 7.11 Å². The fourth-order valence-corrected chi connectivity index (χ4v) is 1.39. The second kappa shape index (κ2) is 4.57. The zero-order chi connectivity index (χ0) is 11.4. The molecular formula is C11H13N3O2. The normalized spacial score (nSPS) is 10.1. The number of nitrogens with zero attached hydrogens (tertiary/aromatic N) is 1. The molecule has 2 heterocycles. The second-order valence-electron chi connectivity index (χ2n) is 3.31. The van der Waals surface area contributed by atoms with Crippen LogP contribution in [0.25, 0.3) is 0 Å². The predicted molar refractivity (Wildman–Crippen MR) is 59.6 cm³/mol. The minimum absolute atomic E-state index is 0.354. The highest BCUT2D eigenvalue weighted by Gasteiger charge is 2.07. The Hall–Kier alpha value is -2.17. The third kappa shape index (κ3) is 2.25. The predicted octanol–water partition coefficient (Wildman–Crippen LogP) is 1.35. The molecule has 2 rings (SSSR count). The summed E-state index contributed by atoms with van der Waals surface area (Å²) in [6.07, 6.45) is 3.81. The number of methoxy groups -OCH3 is 1. The summed E-state index contributed by atoms with van der Waals surface area (Å²) in [7, 11) is 1.36. The van der Waals surface area contributed by atoms with Crippen molar-refractivity contribution < 1.29 is 9.53 Å². The molecule has 0 saturated carbocycles. The molecule has 0 bridgehead atoms. The zero-order valence-electron chi connectivity index (χ0n) is 8.93. The highest BCUT2D eigenvalue weighted by atomic mass is 16.5. The van der Waals surface area contributed by atoms with Crippen molar-refractivity contribution in [2.45, 2.75) is 6.54 Å². The zero-order valence-corrected chi connectivity index (χ0v) is 8.93. The smallest absolute Gasteiger partial charge is 0.354 e. The maximum absolute atomic E-state index is 11.2. The van der Waals surface area contributed by atoms with Crippen LogP contribution in [0, 0.1) is 0 Å². The maximum Gasteiger partial charge on any atom is 0.354 e. The lowest BCUT2D eigenvalue weighted by molar-refractivity contribution is 0.0594. The Bertz CT molecular complexity index is 459. The molecule has 2 aromatic heterocycles. The molecular weight excluding hydrogens is 206 g/mol. The first-order valence-corrected chi connectivity index (χ1v) is 4.92. The standard InChI is InChI=1S/C11H13N3O2/c1-16-11(15)10-5-4-9(13-10)8-12-14-6-2-3-7-14/h2-7,12-13H,8H2,1H3. The first-order chi connectivity index (χ1) is 7.79. The third-order valence-corrected chi connectivity index (χ3v) is 2.21. The van der Waals surface area contributed by atoms with Crippen molar-refractivity contribution in [3.8, 4) is 0 Å². The van der Waals surface area contributed by atoms with Crippen LogP contribution in [0.1, 0.15) is 16.2 Å². The van der Waals surface area contributed by atoms with Crippen molar-refractivity contribution in [2.24, 2.45) is 0 Å². The SMILES string of the molecule is COC(=O)c1ccc(CNn2cccc2)[nH]1. The van der Waals surface area contributed by atoms with Gasteiger partial charge in [-0.2, -0.15) is 0 Å². The van der Waals surface area contributed by atoms with Crippen molar-refractivity contribution in [2.75, 3.05) is 12.5 Å². The van der Waals surface area contributed by atoms with Gasteiger partial charge in [-0.25, -0.2) is 4.79 Å². The highest BCUT2D eigenvalue weighted by Crippen LogP contribution is 2.03. The summed E-state index contributed by atoms with van der Waals surface area (Å²) in [5, 5.41) is 0. The molecule has 0 amide bonds. The maximum atomic E-state index is 11.2. The average Bonchev–Trinajstić information content (AvgIpc) is 2.96. The van der Waals surface area contributed by atoms with Crippen LogP contribution in [0.4, 0.5) is 0 Å². The van der Waals surface area contributed by atoms with E-state index in [4.69, 9.17) is 0 Å². The summed E-state index contributed by atoms with van der Waals surface area (Å²) in [5.74, 6) is -0.354. The lowest BCUT2D eigenvalue weighted by Gasteiger charge is -2.05. The van der Waals surface area contributed by atoms with Crippen molar-refractivity contribution in [1.29, 1.82) is 0 Å². The number of carbonyl (C=O) groups is 1. The largest absolute Gasteiger partial charge is 0.464 e. The summed E-state index contributed by atoms with van der Waals surface area (Å²) < 4.78 is 6.45. The van der Waals surface area contributed by atoms with Crippen LogP contribution < -0.4 is 5.43 Å². The highest BCUT2D eigenvalue weighted by molar-refractivity contribution is 5.87. The van der Waals surface area contributed by atoms with E-state index in [1.54, 1.807) is 6.07 Å². The lowest BCUT2D eigenvalue weighted by Crippen LogP contribution is -2.12. The molecule has 0 saturated heterocycles. The summed E-state index contributed by atoms with van der Waals surface area (Å²) in [6, 6.07) is 7.42. The molecule has 0 radical (unpaired) electrons. The van der Waals surface area contributed by atoms with Gasteiger partial charge >= 0.3 is 5.97 Å². The Morgan fingerprint density at radius 1 is 1.44 bits per heavy atom. The summed E-state index contributed by atoms with van der Waals surface area (Å²) in [6.45, 7) is 0.617. The van der Waals surface area contributed by atoms with Gasteiger partial charge < -0.3 is 15.1 Å². The molecule has 0 atom stereocenters. The first-order valence-electron chi connectivity index (χ1n) is 4.92. The Morgan fingerprint density at radius 3 is 2.88 bits per heavy atom. The molecule has 0 aliphatic heterocycles. The fourth-order valence-electron chi connectivity index (χ4n) is 1.39. The summed E-state index contributed by atoms with van der Waals surface area (Å²) >= 11 is 0. The number of aromatic amines is 1. The molecule has 0 aromatic carbocycles. The van der Waals surface area contributed by atoms with Gasteiger partial charge in [0, 0.05) is 18.1 Å². The Balaban J connectivity index is 1.95. The van der Waals surface area contributed by atoms with Crippen molar-refractivity contribution in [1.82, 2.24) is 9.66 Å². The van der Waals surface area contributed by atoms with E-state index in [0.717, 1.165) is 5.69 Å². The fraction of sp³-hybridized carbons (Fsp3) is 0.182. The molecule has 0 aliphatic carbocycles. The molecule has 5 nitrogen and oxygen atoms in total. The summed E-state index contributed by atoms with van der Waals surface area (Å²) in [5.41, 5.74) is 4.53. The van der Waals surface area contributed by atoms with Crippen LogP contribution in [0.2, 0.25) is 0 Å². The van der Waals surface area contributed by atoms with E-state index in [1.807, 2.05) is 35.3 Å². The Morgan fingerprint density at radius 2 is 2.19 bits per heavy atom. The van der Waals surface area contributed by atoms with Crippen molar-refractivity contribution in [3.63, 3.8) is 0 Å². The third-order valence-electron chi connectivity index (χ3n) is 2.21. The van der Waals surface area contributed by atoms with Crippen LogP contribution in [0.3, 0.4) is 0 Å². The van der Waals surface area contributed by atoms with E-state index >= 15 is 0 Å². The minimum atomic E-state index is -0.354. The molecule has 0 spiro atoms. The molecule has 2 aromatic rings. The van der Waals surface area contributed by atoms with Crippen LogP contribution in [0.5, 0.6) is 0 Å². The minimum Gasteiger partial charge on any atom is -0.464 e. The van der Waals surface area contributed by atoms with E-state index in [2.05, 4.69) is 15.1 Å². The molecule has 2 N–H and O–H groups in total. The van der Waals surface area contributed by atoms with Gasteiger partial charge in [-0.1, -0.05) is 0 Å². The number of H-pyrrole nitrogens is 1. The second-order valence-corrected chi connectivity index (χ2v) is 3.31. The number of ether oxygens (including phenoxy) is 1. The quantitative estimate of drug-likeness (QED) is 0.763. The van der Waals surface area contributed by atoms with E-state index in [9.17, 15) is 4.79 Å². The number of hydrogen-bond donors (Lipinski definition) is 2. The summed E-state index contributed by atoms with van der Waals surface area (Å²) in [4.78, 5) is 14.2. The molecule has 0 aliphatic rings. The monoisotopic (exact) mass is 219 g/mol. The molecule has 84 valence electrons. The van der Waals surface area contributed by atoms with Gasteiger partial charge in [-0.05, 0) is 24.3 Å². The Kier molecular flexibility index (Phi) is 2.95. The van der Waals surface area contributed by atoms with Crippen LogP contribution in [-0.4, -0.2) is 22.7 Å². The molecule has 16 heavy (non-hydrogen) atoms. The van der Waals surface area contributed by atoms with Gasteiger partial charge in [0.05, 0.1) is 13.7 Å². The van der Waals surface area contributed by atoms with Gasteiger partial charge in [0.1, 0.15) is 5.69 Å². The van der Waals surface area contributed by atoms with Crippen molar-refractivity contribution in [3.05, 3.63) is 48.0 Å². The van der Waals surface area contributed by atoms with Gasteiger partial charge in [0.25, 0.3) is 0 Å². The number of aromatic nitrogens is 2. The average molecular weight is 219 g/mol. The lowest BCUT2D eigenvalue weighted by atomic mass is 10.4. The Labute approximate surface area is 93.0 Å². The van der Waals surface area contributed by atoms with Crippen molar-refractivity contribution >= 4 is 5.97 Å². The topological polar surface area (TPSA) is 59.0 Å². The van der Waals surface area contributed by atoms with E-state index in [0.29, 0.717) is 12.2 Å². The molecule has 0 fully saturated rings. The van der Waals surface area contributed by atoms with Gasteiger partial charge in [-0.3, -0.25) is 4.68 Å². The number of esters is 1. The number of carbonyl (C=O) groups excluding carboxylic acids is 1. The first kappa shape index (κ1) is 10.4. The molecule has 5 heteroatoms. The number of nitrogens with one attached hydrogen (secondary N) is 2. The molecule has 0 unspecified atom stereocenters. The van der Waals surface area contributed by atoms with E-state index in [-0.39, 0.29) is 5.97 Å². The van der Waals surface area contributed by atoms with Gasteiger partial charge in [0.15, 0.2) is 0 Å². The van der Waals surface area contributed by atoms with Gasteiger partial charge in [-0.15, -0.1) is 0 Å².